The Hall–Kier alpha value is -2.73. The third-order valence-electron chi connectivity index (χ3n) is 5.37. The lowest BCUT2D eigenvalue weighted by Crippen LogP contribution is -2.48. The highest BCUT2D eigenvalue weighted by atomic mass is 16.2. The van der Waals surface area contributed by atoms with Crippen LogP contribution in [0.3, 0.4) is 0 Å². The largest absolute Gasteiger partial charge is 0.339 e. The number of likely N-dealkylation sites (tertiary alicyclic amines) is 1. The summed E-state index contributed by atoms with van der Waals surface area (Å²) in [6.07, 6.45) is 5.05. The summed E-state index contributed by atoms with van der Waals surface area (Å²) in [6.45, 7) is 2.00. The fraction of sp³-hybridized carbons (Fsp3) is 0.316. The van der Waals surface area contributed by atoms with E-state index >= 15 is 0 Å². The predicted molar refractivity (Wildman–Crippen MR) is 96.2 cm³/mol. The van der Waals surface area contributed by atoms with Gasteiger partial charge >= 0.3 is 0 Å². The van der Waals surface area contributed by atoms with Crippen LogP contribution in [0.5, 0.6) is 0 Å². The number of carbonyl (C=O) groups is 1. The normalized spacial score (nSPS) is 16.9. The lowest BCUT2D eigenvalue weighted by molar-refractivity contribution is 0.0672. The minimum atomic E-state index is -0.0404. The van der Waals surface area contributed by atoms with Crippen molar-refractivity contribution < 1.29 is 4.79 Å². The fourth-order valence-electron chi connectivity index (χ4n) is 3.75. The Morgan fingerprint density at radius 1 is 1.20 bits per heavy atom. The molecule has 0 saturated carbocycles. The van der Waals surface area contributed by atoms with Gasteiger partial charge in [-0.05, 0) is 24.5 Å². The van der Waals surface area contributed by atoms with Crippen LogP contribution in [0.1, 0.15) is 28.8 Å². The van der Waals surface area contributed by atoms with Crippen LogP contribution >= 0.6 is 0 Å². The maximum Gasteiger partial charge on any atom is 0.254 e. The summed E-state index contributed by atoms with van der Waals surface area (Å²) >= 11 is 0. The Labute approximate surface area is 146 Å². The monoisotopic (exact) mass is 335 g/mol. The van der Waals surface area contributed by atoms with E-state index in [2.05, 4.69) is 39.4 Å². The standard InChI is InChI=1S/C19H21N5O/c20-13-19(14-4-2-1-3-5-14)7-10-24(11-8-19)18(25)15-6-9-21-17-16(15)12-22-23-17/h1-6,9,12H,7-8,10-11,13,20H2,(H,21,22,23). The van der Waals surface area contributed by atoms with Gasteiger partial charge in [0.25, 0.3) is 5.91 Å². The van der Waals surface area contributed by atoms with Crippen molar-refractivity contribution in [1.29, 1.82) is 0 Å². The third-order valence-corrected chi connectivity index (χ3v) is 5.37. The van der Waals surface area contributed by atoms with Crippen LogP contribution < -0.4 is 5.73 Å². The first-order valence-corrected chi connectivity index (χ1v) is 8.56. The van der Waals surface area contributed by atoms with Crippen LogP contribution in [0.15, 0.2) is 48.8 Å². The van der Waals surface area contributed by atoms with E-state index in [0.717, 1.165) is 18.2 Å². The summed E-state index contributed by atoms with van der Waals surface area (Å²) in [7, 11) is 0. The quantitative estimate of drug-likeness (QED) is 0.767. The van der Waals surface area contributed by atoms with E-state index in [4.69, 9.17) is 5.73 Å². The highest BCUT2D eigenvalue weighted by Gasteiger charge is 2.36. The van der Waals surface area contributed by atoms with Gasteiger partial charge in [0.15, 0.2) is 5.65 Å². The van der Waals surface area contributed by atoms with Gasteiger partial charge < -0.3 is 10.6 Å². The number of hydrogen-bond donors (Lipinski definition) is 2. The second-order valence-corrected chi connectivity index (χ2v) is 6.63. The Morgan fingerprint density at radius 3 is 2.68 bits per heavy atom. The molecule has 0 spiro atoms. The maximum atomic E-state index is 13.0. The van der Waals surface area contributed by atoms with E-state index in [-0.39, 0.29) is 11.3 Å². The van der Waals surface area contributed by atoms with E-state index in [1.165, 1.54) is 5.56 Å². The molecule has 0 bridgehead atoms. The minimum Gasteiger partial charge on any atom is -0.339 e. The van der Waals surface area contributed by atoms with Crippen LogP contribution in [0, 0.1) is 0 Å². The number of fused-ring (bicyclic) bond motifs is 1. The molecule has 6 heteroatoms. The zero-order chi connectivity index (χ0) is 17.3. The van der Waals surface area contributed by atoms with Crippen molar-refractivity contribution in [2.24, 2.45) is 5.73 Å². The molecule has 6 nitrogen and oxygen atoms in total. The number of aromatic amines is 1. The van der Waals surface area contributed by atoms with Crippen molar-refractivity contribution in [3.8, 4) is 0 Å². The zero-order valence-electron chi connectivity index (χ0n) is 14.0. The number of rotatable bonds is 3. The van der Waals surface area contributed by atoms with Gasteiger partial charge in [0, 0.05) is 31.2 Å². The van der Waals surface area contributed by atoms with Gasteiger partial charge in [-0.1, -0.05) is 30.3 Å². The van der Waals surface area contributed by atoms with E-state index < -0.39 is 0 Å². The Balaban J connectivity index is 1.55. The number of amides is 1. The molecule has 1 aliphatic rings. The van der Waals surface area contributed by atoms with Crippen LogP contribution in [-0.2, 0) is 5.41 Å². The highest BCUT2D eigenvalue weighted by molar-refractivity contribution is 6.05. The predicted octanol–water partition coefficient (Wildman–Crippen LogP) is 2.09. The number of piperidine rings is 1. The van der Waals surface area contributed by atoms with Crippen LogP contribution in [0.4, 0.5) is 0 Å². The molecule has 3 aromatic rings. The average Bonchev–Trinajstić information content (AvgIpc) is 3.17. The summed E-state index contributed by atoms with van der Waals surface area (Å²) in [5.74, 6) is 0.0347. The Morgan fingerprint density at radius 2 is 1.96 bits per heavy atom. The number of aromatic nitrogens is 3. The molecule has 1 fully saturated rings. The molecule has 3 N–H and O–H groups in total. The van der Waals surface area contributed by atoms with Gasteiger partial charge in [-0.2, -0.15) is 5.10 Å². The van der Waals surface area contributed by atoms with Crippen molar-refractivity contribution in [1.82, 2.24) is 20.1 Å². The fourth-order valence-corrected chi connectivity index (χ4v) is 3.75. The van der Waals surface area contributed by atoms with Gasteiger partial charge in [0.2, 0.25) is 0 Å². The molecule has 0 radical (unpaired) electrons. The lowest BCUT2D eigenvalue weighted by atomic mass is 9.73. The number of benzene rings is 1. The molecule has 3 heterocycles. The molecule has 0 aliphatic carbocycles. The molecule has 2 aromatic heterocycles. The molecular weight excluding hydrogens is 314 g/mol. The van der Waals surface area contributed by atoms with Crippen LogP contribution in [0.25, 0.3) is 11.0 Å². The summed E-state index contributed by atoms with van der Waals surface area (Å²) in [5.41, 5.74) is 8.66. The molecule has 1 aliphatic heterocycles. The number of carbonyl (C=O) groups excluding carboxylic acids is 1. The molecule has 0 atom stereocenters. The Kier molecular flexibility index (Phi) is 3.97. The minimum absolute atomic E-state index is 0.0347. The molecule has 25 heavy (non-hydrogen) atoms. The van der Waals surface area contributed by atoms with Crippen molar-refractivity contribution in [3.05, 3.63) is 59.9 Å². The van der Waals surface area contributed by atoms with Gasteiger partial charge in [0.05, 0.1) is 17.1 Å². The molecule has 4 rings (SSSR count). The first kappa shape index (κ1) is 15.8. The number of hydrogen-bond acceptors (Lipinski definition) is 4. The second kappa shape index (κ2) is 6.29. The number of nitrogens with two attached hydrogens (primary N) is 1. The molecule has 1 amide bonds. The topological polar surface area (TPSA) is 87.9 Å². The summed E-state index contributed by atoms with van der Waals surface area (Å²) < 4.78 is 0. The molecule has 0 unspecified atom stereocenters. The van der Waals surface area contributed by atoms with Crippen LogP contribution in [0.2, 0.25) is 0 Å². The second-order valence-electron chi connectivity index (χ2n) is 6.63. The van der Waals surface area contributed by atoms with Gasteiger partial charge in [-0.15, -0.1) is 0 Å². The number of H-pyrrole nitrogens is 1. The summed E-state index contributed by atoms with van der Waals surface area (Å²) in [6, 6.07) is 12.2. The average molecular weight is 335 g/mol. The molecule has 1 saturated heterocycles. The van der Waals surface area contributed by atoms with Crippen LogP contribution in [-0.4, -0.2) is 45.6 Å². The van der Waals surface area contributed by atoms with Crippen molar-refractivity contribution in [3.63, 3.8) is 0 Å². The van der Waals surface area contributed by atoms with Crippen molar-refractivity contribution in [2.75, 3.05) is 19.6 Å². The molecule has 128 valence electrons. The smallest absolute Gasteiger partial charge is 0.254 e. The van der Waals surface area contributed by atoms with E-state index in [9.17, 15) is 4.79 Å². The number of pyridine rings is 1. The highest BCUT2D eigenvalue weighted by Crippen LogP contribution is 2.35. The van der Waals surface area contributed by atoms with Gasteiger partial charge in [0.1, 0.15) is 0 Å². The first-order valence-electron chi connectivity index (χ1n) is 8.56. The number of nitrogens with one attached hydrogen (secondary N) is 1. The van der Waals surface area contributed by atoms with Crippen molar-refractivity contribution >= 4 is 16.9 Å². The molecular formula is C19H21N5O. The third kappa shape index (κ3) is 2.68. The molecule has 1 aromatic carbocycles. The van der Waals surface area contributed by atoms with E-state index in [0.29, 0.717) is 30.8 Å². The lowest BCUT2D eigenvalue weighted by Gasteiger charge is -2.41. The first-order chi connectivity index (χ1) is 12.2. The van der Waals surface area contributed by atoms with Gasteiger partial charge in [-0.25, -0.2) is 4.98 Å². The maximum absolute atomic E-state index is 13.0. The van der Waals surface area contributed by atoms with Crippen molar-refractivity contribution in [2.45, 2.75) is 18.3 Å². The van der Waals surface area contributed by atoms with Gasteiger partial charge in [-0.3, -0.25) is 9.89 Å². The summed E-state index contributed by atoms with van der Waals surface area (Å²) in [5, 5.41) is 7.57. The number of nitrogens with zero attached hydrogens (tertiary/aromatic N) is 3. The van der Waals surface area contributed by atoms with E-state index in [1.54, 1.807) is 18.5 Å². The van der Waals surface area contributed by atoms with E-state index in [1.807, 2.05) is 11.0 Å². The summed E-state index contributed by atoms with van der Waals surface area (Å²) in [4.78, 5) is 19.1. The Bertz CT molecular complexity index is 881. The SMILES string of the molecule is NCC1(c2ccccc2)CCN(C(=O)c2ccnc3[nH]ncc23)CC1. The zero-order valence-corrected chi connectivity index (χ0v) is 14.0.